The maximum absolute atomic E-state index is 13.9. The number of hydrogen-bond acceptors (Lipinski definition) is 3. The molecule has 1 atom stereocenters. The first-order valence-electron chi connectivity index (χ1n) is 6.62. The van der Waals surface area contributed by atoms with Gasteiger partial charge in [0.1, 0.15) is 5.82 Å². The SMILES string of the molecule is CC[C@H]1CCCN1Cc1ccc(C(=O)NO)cc1F. The molecule has 19 heavy (non-hydrogen) atoms. The number of carbonyl (C=O) groups is 1. The average molecular weight is 266 g/mol. The smallest absolute Gasteiger partial charge is 0.274 e. The summed E-state index contributed by atoms with van der Waals surface area (Å²) in [4.78, 5) is 13.5. The van der Waals surface area contributed by atoms with Crippen molar-refractivity contribution < 1.29 is 14.4 Å². The molecule has 104 valence electrons. The lowest BCUT2D eigenvalue weighted by Crippen LogP contribution is -2.28. The van der Waals surface area contributed by atoms with Crippen LogP contribution in [0.15, 0.2) is 18.2 Å². The van der Waals surface area contributed by atoms with Crippen LogP contribution >= 0.6 is 0 Å². The van der Waals surface area contributed by atoms with E-state index in [0.717, 1.165) is 25.5 Å². The van der Waals surface area contributed by atoms with Gasteiger partial charge in [-0.2, -0.15) is 0 Å². The molecule has 0 saturated carbocycles. The van der Waals surface area contributed by atoms with Gasteiger partial charge in [-0.3, -0.25) is 14.9 Å². The van der Waals surface area contributed by atoms with Crippen molar-refractivity contribution in [3.8, 4) is 0 Å². The van der Waals surface area contributed by atoms with E-state index in [4.69, 9.17) is 5.21 Å². The molecule has 1 amide bonds. The van der Waals surface area contributed by atoms with E-state index >= 15 is 0 Å². The number of likely N-dealkylation sites (tertiary alicyclic amines) is 1. The molecule has 2 rings (SSSR count). The highest BCUT2D eigenvalue weighted by Gasteiger charge is 2.23. The first kappa shape index (κ1) is 14.0. The highest BCUT2D eigenvalue weighted by atomic mass is 19.1. The van der Waals surface area contributed by atoms with Crippen LogP contribution in [0.2, 0.25) is 0 Å². The molecule has 1 fully saturated rings. The van der Waals surface area contributed by atoms with Crippen LogP contribution in [0.5, 0.6) is 0 Å². The van der Waals surface area contributed by atoms with E-state index in [-0.39, 0.29) is 5.56 Å². The van der Waals surface area contributed by atoms with Gasteiger partial charge in [0, 0.05) is 23.7 Å². The number of carbonyl (C=O) groups excluding carboxylic acids is 1. The fourth-order valence-corrected chi connectivity index (χ4v) is 2.67. The Balaban J connectivity index is 2.11. The molecule has 1 saturated heterocycles. The monoisotopic (exact) mass is 266 g/mol. The lowest BCUT2D eigenvalue weighted by Gasteiger charge is -2.23. The van der Waals surface area contributed by atoms with Crippen LogP contribution < -0.4 is 5.48 Å². The minimum Gasteiger partial charge on any atom is -0.296 e. The summed E-state index contributed by atoms with van der Waals surface area (Å²) in [5, 5.41) is 8.51. The molecule has 1 aromatic rings. The predicted molar refractivity (Wildman–Crippen MR) is 69.4 cm³/mol. The first-order chi connectivity index (χ1) is 9.15. The molecule has 0 radical (unpaired) electrons. The predicted octanol–water partition coefficient (Wildman–Crippen LogP) is 2.32. The normalized spacial score (nSPS) is 19.6. The topological polar surface area (TPSA) is 52.6 Å². The highest BCUT2D eigenvalue weighted by Crippen LogP contribution is 2.23. The summed E-state index contributed by atoms with van der Waals surface area (Å²) in [6.07, 6.45) is 3.40. The Morgan fingerprint density at radius 1 is 1.58 bits per heavy atom. The van der Waals surface area contributed by atoms with E-state index in [2.05, 4.69) is 11.8 Å². The quantitative estimate of drug-likeness (QED) is 0.649. The zero-order chi connectivity index (χ0) is 13.8. The maximum atomic E-state index is 13.9. The van der Waals surface area contributed by atoms with Crippen molar-refractivity contribution >= 4 is 5.91 Å². The van der Waals surface area contributed by atoms with Crippen molar-refractivity contribution in [2.45, 2.75) is 38.8 Å². The third-order valence-corrected chi connectivity index (χ3v) is 3.76. The number of nitrogens with one attached hydrogen (secondary N) is 1. The Hall–Kier alpha value is -1.46. The summed E-state index contributed by atoms with van der Waals surface area (Å²) < 4.78 is 13.9. The summed E-state index contributed by atoms with van der Waals surface area (Å²) in [7, 11) is 0. The largest absolute Gasteiger partial charge is 0.296 e. The maximum Gasteiger partial charge on any atom is 0.274 e. The van der Waals surface area contributed by atoms with Crippen molar-refractivity contribution in [2.75, 3.05) is 6.54 Å². The molecule has 0 aliphatic carbocycles. The fourth-order valence-electron chi connectivity index (χ4n) is 2.67. The molecule has 4 nitrogen and oxygen atoms in total. The second-order valence-corrected chi connectivity index (χ2v) is 4.92. The van der Waals surface area contributed by atoms with Gasteiger partial charge < -0.3 is 0 Å². The number of hydroxylamine groups is 1. The van der Waals surface area contributed by atoms with Gasteiger partial charge in [0.25, 0.3) is 5.91 Å². The van der Waals surface area contributed by atoms with Gasteiger partial charge in [-0.05, 0) is 37.9 Å². The summed E-state index contributed by atoms with van der Waals surface area (Å²) in [5.74, 6) is -1.10. The van der Waals surface area contributed by atoms with Crippen molar-refractivity contribution in [3.05, 3.63) is 35.1 Å². The molecule has 2 N–H and O–H groups in total. The third kappa shape index (κ3) is 3.11. The van der Waals surface area contributed by atoms with Crippen LogP contribution in [0, 0.1) is 5.82 Å². The summed E-state index contributed by atoms with van der Waals surface area (Å²) in [5.41, 5.74) is 2.22. The van der Waals surface area contributed by atoms with Gasteiger partial charge >= 0.3 is 0 Å². The number of nitrogens with zero attached hydrogens (tertiary/aromatic N) is 1. The number of hydrogen-bond donors (Lipinski definition) is 2. The van der Waals surface area contributed by atoms with Crippen LogP contribution in [0.4, 0.5) is 4.39 Å². The molecule has 0 unspecified atom stereocenters. The summed E-state index contributed by atoms with van der Waals surface area (Å²) in [6, 6.07) is 4.84. The first-order valence-corrected chi connectivity index (χ1v) is 6.62. The molecule has 1 aromatic carbocycles. The van der Waals surface area contributed by atoms with Crippen molar-refractivity contribution in [2.24, 2.45) is 0 Å². The van der Waals surface area contributed by atoms with E-state index in [1.807, 2.05) is 0 Å². The van der Waals surface area contributed by atoms with Crippen molar-refractivity contribution in [3.63, 3.8) is 0 Å². The van der Waals surface area contributed by atoms with E-state index in [1.54, 1.807) is 6.07 Å². The van der Waals surface area contributed by atoms with Gasteiger partial charge in [-0.15, -0.1) is 0 Å². The molecular formula is C14H19FN2O2. The van der Waals surface area contributed by atoms with Gasteiger partial charge in [-0.1, -0.05) is 13.0 Å². The Morgan fingerprint density at radius 2 is 2.37 bits per heavy atom. The zero-order valence-electron chi connectivity index (χ0n) is 11.0. The van der Waals surface area contributed by atoms with E-state index in [9.17, 15) is 9.18 Å². The highest BCUT2D eigenvalue weighted by molar-refractivity contribution is 5.93. The van der Waals surface area contributed by atoms with Crippen LogP contribution in [-0.4, -0.2) is 28.6 Å². The third-order valence-electron chi connectivity index (χ3n) is 3.76. The van der Waals surface area contributed by atoms with Gasteiger partial charge in [0.05, 0.1) is 0 Å². The second kappa shape index (κ2) is 6.12. The van der Waals surface area contributed by atoms with Gasteiger partial charge in [-0.25, -0.2) is 9.87 Å². The second-order valence-electron chi connectivity index (χ2n) is 4.92. The van der Waals surface area contributed by atoms with Crippen LogP contribution in [0.3, 0.4) is 0 Å². The average Bonchev–Trinajstić information content (AvgIpc) is 2.87. The van der Waals surface area contributed by atoms with Crippen molar-refractivity contribution in [1.82, 2.24) is 10.4 Å². The summed E-state index contributed by atoms with van der Waals surface area (Å²) in [6.45, 7) is 3.72. The molecule has 0 spiro atoms. The van der Waals surface area contributed by atoms with E-state index in [1.165, 1.54) is 18.0 Å². The molecule has 0 bridgehead atoms. The van der Waals surface area contributed by atoms with E-state index in [0.29, 0.717) is 18.2 Å². The standard InChI is InChI=1S/C14H19FN2O2/c1-2-12-4-3-7-17(12)9-11-6-5-10(8-13(11)15)14(18)16-19/h5-6,8,12,19H,2-4,7,9H2,1H3,(H,16,18)/t12-/m0/s1. The van der Waals surface area contributed by atoms with Crippen LogP contribution in [0.1, 0.15) is 42.1 Å². The summed E-state index contributed by atoms with van der Waals surface area (Å²) >= 11 is 0. The Kier molecular flexibility index (Phi) is 4.50. The van der Waals surface area contributed by atoms with Crippen LogP contribution in [-0.2, 0) is 6.54 Å². The molecule has 5 heteroatoms. The molecule has 1 aliphatic rings. The molecular weight excluding hydrogens is 247 g/mol. The minimum absolute atomic E-state index is 0.122. The number of rotatable bonds is 4. The Morgan fingerprint density at radius 3 is 3.00 bits per heavy atom. The minimum atomic E-state index is -0.696. The van der Waals surface area contributed by atoms with Crippen LogP contribution in [0.25, 0.3) is 0 Å². The zero-order valence-corrected chi connectivity index (χ0v) is 11.0. The molecule has 1 heterocycles. The lowest BCUT2D eigenvalue weighted by molar-refractivity contribution is 0.0706. The molecule has 0 aromatic heterocycles. The van der Waals surface area contributed by atoms with Gasteiger partial charge in [0.15, 0.2) is 0 Å². The van der Waals surface area contributed by atoms with Gasteiger partial charge in [0.2, 0.25) is 0 Å². The fraction of sp³-hybridized carbons (Fsp3) is 0.500. The molecule has 1 aliphatic heterocycles. The van der Waals surface area contributed by atoms with E-state index < -0.39 is 11.7 Å². The number of halogens is 1. The lowest BCUT2D eigenvalue weighted by atomic mass is 10.1. The Bertz CT molecular complexity index is 465. The number of amides is 1. The Labute approximate surface area is 112 Å². The number of benzene rings is 1. The van der Waals surface area contributed by atoms with Crippen molar-refractivity contribution in [1.29, 1.82) is 0 Å².